The van der Waals surface area contributed by atoms with Crippen LogP contribution in [0.1, 0.15) is 76.2 Å². The van der Waals surface area contributed by atoms with Gasteiger partial charge in [0.2, 0.25) is 5.91 Å². The zero-order chi connectivity index (χ0) is 28.9. The lowest BCUT2D eigenvalue weighted by molar-refractivity contribution is -0.141. The molecule has 1 amide bonds. The van der Waals surface area contributed by atoms with Crippen LogP contribution in [0.2, 0.25) is 0 Å². The fourth-order valence-electron chi connectivity index (χ4n) is 8.38. The number of hydrogen-bond acceptors (Lipinski definition) is 5. The number of para-hydroxylation sites is 2. The number of carbonyl (C=O) groups excluding carboxylic acids is 1. The molecule has 2 bridgehead atoms. The summed E-state index contributed by atoms with van der Waals surface area (Å²) in [6.45, 7) is 8.72. The third kappa shape index (κ3) is 4.64. The van der Waals surface area contributed by atoms with Gasteiger partial charge in [-0.2, -0.15) is 5.10 Å². The number of aromatic nitrogens is 5. The molecule has 8 nitrogen and oxygen atoms in total. The summed E-state index contributed by atoms with van der Waals surface area (Å²) in [7, 11) is 0. The quantitative estimate of drug-likeness (QED) is 0.296. The second-order valence-corrected chi connectivity index (χ2v) is 13.4. The second kappa shape index (κ2) is 10.6. The van der Waals surface area contributed by atoms with E-state index >= 15 is 0 Å². The predicted octanol–water partition coefficient (Wildman–Crippen LogP) is 5.49. The molecule has 0 spiro atoms. The Balaban J connectivity index is 1.06. The van der Waals surface area contributed by atoms with Crippen molar-refractivity contribution >= 4 is 16.9 Å². The minimum atomic E-state index is -0.744. The van der Waals surface area contributed by atoms with Crippen molar-refractivity contribution in [3.05, 3.63) is 78.6 Å². The van der Waals surface area contributed by atoms with Crippen LogP contribution in [0.15, 0.2) is 67.3 Å². The number of nitrogens with zero attached hydrogens (tertiary/aromatic N) is 7. The molecule has 3 saturated heterocycles. The van der Waals surface area contributed by atoms with Gasteiger partial charge in [0, 0.05) is 31.2 Å². The number of rotatable bonds is 7. The average molecular weight is 566 g/mol. The van der Waals surface area contributed by atoms with Gasteiger partial charge in [0.05, 0.1) is 11.0 Å². The van der Waals surface area contributed by atoms with Gasteiger partial charge in [-0.05, 0) is 95.4 Å². The number of imidazole rings is 1. The van der Waals surface area contributed by atoms with Gasteiger partial charge in [0.25, 0.3) is 0 Å². The van der Waals surface area contributed by atoms with Crippen molar-refractivity contribution in [3.63, 3.8) is 0 Å². The van der Waals surface area contributed by atoms with Gasteiger partial charge in [0.15, 0.2) is 0 Å². The van der Waals surface area contributed by atoms with E-state index in [-0.39, 0.29) is 11.3 Å². The smallest absolute Gasteiger partial charge is 0.250 e. The van der Waals surface area contributed by atoms with Crippen molar-refractivity contribution < 1.29 is 4.79 Å². The van der Waals surface area contributed by atoms with Gasteiger partial charge in [-0.1, -0.05) is 42.5 Å². The van der Waals surface area contributed by atoms with Gasteiger partial charge < -0.3 is 9.47 Å². The summed E-state index contributed by atoms with van der Waals surface area (Å²) in [5.41, 5.74) is 3.16. The SMILES string of the molecule is Cc1nc2ccccc2n1C1C[C@H]2CC[C@@H](C1)N2CCC1(c2ccccc2)CCN(C(=O)C(C)(C)n2cncn2)CC1. The molecule has 3 fully saturated rings. The number of fused-ring (bicyclic) bond motifs is 3. The molecule has 0 saturated carbocycles. The maximum Gasteiger partial charge on any atom is 0.250 e. The number of likely N-dealkylation sites (tertiary alicyclic amines) is 1. The fraction of sp³-hybridized carbons (Fsp3) is 0.529. The Morgan fingerprint density at radius 3 is 2.33 bits per heavy atom. The van der Waals surface area contributed by atoms with Crippen molar-refractivity contribution in [1.29, 1.82) is 0 Å². The first-order valence-corrected chi connectivity index (χ1v) is 15.8. The van der Waals surface area contributed by atoms with Crippen LogP contribution >= 0.6 is 0 Å². The molecule has 1 unspecified atom stereocenters. The molecule has 7 rings (SSSR count). The van der Waals surface area contributed by atoms with Crippen LogP contribution in [0.25, 0.3) is 11.0 Å². The van der Waals surface area contributed by atoms with E-state index in [1.165, 1.54) is 43.1 Å². The van der Waals surface area contributed by atoms with Gasteiger partial charge >= 0.3 is 0 Å². The van der Waals surface area contributed by atoms with E-state index in [4.69, 9.17) is 4.98 Å². The molecule has 5 heterocycles. The number of carbonyl (C=O) groups is 1. The molecule has 220 valence electrons. The summed E-state index contributed by atoms with van der Waals surface area (Å²) in [5, 5.41) is 4.27. The van der Waals surface area contributed by atoms with Crippen molar-refractivity contribution in [1.82, 2.24) is 34.1 Å². The number of amides is 1. The van der Waals surface area contributed by atoms with Crippen LogP contribution in [0.3, 0.4) is 0 Å². The summed E-state index contributed by atoms with van der Waals surface area (Å²) in [5.74, 6) is 1.27. The highest BCUT2D eigenvalue weighted by atomic mass is 16.2. The Morgan fingerprint density at radius 2 is 1.64 bits per heavy atom. The van der Waals surface area contributed by atoms with E-state index in [1.807, 2.05) is 13.8 Å². The lowest BCUT2D eigenvalue weighted by Crippen LogP contribution is -2.53. The molecule has 0 aliphatic carbocycles. The lowest BCUT2D eigenvalue weighted by atomic mass is 9.70. The van der Waals surface area contributed by atoms with Crippen LogP contribution in [0, 0.1) is 6.92 Å². The van der Waals surface area contributed by atoms with Crippen molar-refractivity contribution in [2.24, 2.45) is 0 Å². The molecule has 0 radical (unpaired) electrons. The maximum atomic E-state index is 13.6. The monoisotopic (exact) mass is 565 g/mol. The first-order valence-electron chi connectivity index (χ1n) is 15.8. The lowest BCUT2D eigenvalue weighted by Gasteiger charge is -2.46. The Labute approximate surface area is 248 Å². The molecule has 8 heteroatoms. The molecular weight excluding hydrogens is 522 g/mol. The highest BCUT2D eigenvalue weighted by Crippen LogP contribution is 2.45. The Bertz CT molecular complexity index is 1520. The molecule has 42 heavy (non-hydrogen) atoms. The predicted molar refractivity (Wildman–Crippen MR) is 164 cm³/mol. The molecule has 3 atom stereocenters. The molecule has 2 aromatic heterocycles. The third-order valence-electron chi connectivity index (χ3n) is 10.8. The zero-order valence-electron chi connectivity index (χ0n) is 25.2. The maximum absolute atomic E-state index is 13.6. The summed E-state index contributed by atoms with van der Waals surface area (Å²) < 4.78 is 4.21. The van der Waals surface area contributed by atoms with Crippen LogP contribution in [-0.4, -0.2) is 71.7 Å². The first kappa shape index (κ1) is 27.3. The minimum Gasteiger partial charge on any atom is -0.341 e. The Kier molecular flexibility index (Phi) is 6.92. The van der Waals surface area contributed by atoms with Crippen molar-refractivity contribution in [2.45, 2.75) is 94.8 Å². The summed E-state index contributed by atoms with van der Waals surface area (Å²) in [4.78, 5) is 27.5. The van der Waals surface area contributed by atoms with Gasteiger partial charge in [-0.15, -0.1) is 0 Å². The van der Waals surface area contributed by atoms with Gasteiger partial charge in [0.1, 0.15) is 24.0 Å². The van der Waals surface area contributed by atoms with E-state index in [2.05, 4.69) is 86.0 Å². The first-order chi connectivity index (χ1) is 20.4. The molecule has 0 N–H and O–H groups in total. The number of piperidine rings is 2. The summed E-state index contributed by atoms with van der Waals surface area (Å²) in [6.07, 6.45) is 11.3. The summed E-state index contributed by atoms with van der Waals surface area (Å²) in [6, 6.07) is 21.5. The van der Waals surface area contributed by atoms with E-state index in [1.54, 1.807) is 11.0 Å². The Hall–Kier alpha value is -3.52. The highest BCUT2D eigenvalue weighted by molar-refractivity contribution is 5.83. The van der Waals surface area contributed by atoms with Crippen LogP contribution in [0.5, 0.6) is 0 Å². The minimum absolute atomic E-state index is 0.0862. The van der Waals surface area contributed by atoms with Crippen molar-refractivity contribution in [3.8, 4) is 0 Å². The normalized spacial score (nSPS) is 24.4. The van der Waals surface area contributed by atoms with E-state index in [0.29, 0.717) is 18.1 Å². The van der Waals surface area contributed by atoms with E-state index in [0.717, 1.165) is 50.2 Å². The van der Waals surface area contributed by atoms with E-state index in [9.17, 15) is 4.79 Å². The molecule has 2 aromatic carbocycles. The molecule has 3 aliphatic heterocycles. The summed E-state index contributed by atoms with van der Waals surface area (Å²) >= 11 is 0. The van der Waals surface area contributed by atoms with Crippen molar-refractivity contribution in [2.75, 3.05) is 19.6 Å². The molecule has 4 aromatic rings. The van der Waals surface area contributed by atoms with Gasteiger partial charge in [-0.25, -0.2) is 14.6 Å². The number of hydrogen-bond donors (Lipinski definition) is 0. The average Bonchev–Trinajstić information content (AvgIpc) is 3.73. The number of aryl methyl sites for hydroxylation is 1. The highest BCUT2D eigenvalue weighted by Gasteiger charge is 2.45. The Morgan fingerprint density at radius 1 is 0.952 bits per heavy atom. The van der Waals surface area contributed by atoms with Crippen LogP contribution in [0.4, 0.5) is 0 Å². The standard InChI is InChI=1S/C34H43N7O/c1-25-37-30-11-7-8-12-31(30)41(25)29-21-27-13-14-28(22-29)39(27)20-17-34(26-9-5-4-6-10-26)15-18-38(19-16-34)32(42)33(2,3)40-24-35-23-36-40/h4-12,23-24,27-29H,13-22H2,1-3H3/t27-,28+,29?. The third-order valence-corrected chi connectivity index (χ3v) is 10.8. The largest absolute Gasteiger partial charge is 0.341 e. The van der Waals surface area contributed by atoms with Gasteiger partial charge in [-0.3, -0.25) is 9.69 Å². The molecular formula is C34H43N7O. The number of benzene rings is 2. The van der Waals surface area contributed by atoms with E-state index < -0.39 is 5.54 Å². The van der Waals surface area contributed by atoms with Crippen LogP contribution < -0.4 is 0 Å². The zero-order valence-corrected chi connectivity index (χ0v) is 25.2. The second-order valence-electron chi connectivity index (χ2n) is 13.4. The van der Waals surface area contributed by atoms with Crippen LogP contribution in [-0.2, 0) is 15.7 Å². The topological polar surface area (TPSA) is 72.1 Å². The molecule has 3 aliphatic rings. The fourth-order valence-corrected chi connectivity index (χ4v) is 8.38.